The van der Waals surface area contributed by atoms with Crippen molar-refractivity contribution in [2.75, 3.05) is 39.3 Å². The number of likely N-dealkylation sites (tertiary alicyclic amines) is 2. The first kappa shape index (κ1) is 21.5. The Hall–Kier alpha value is -2.36. The summed E-state index contributed by atoms with van der Waals surface area (Å²) in [7, 11) is 0. The van der Waals surface area contributed by atoms with E-state index in [1.807, 2.05) is 0 Å². The van der Waals surface area contributed by atoms with Gasteiger partial charge in [0.15, 0.2) is 0 Å². The molecular formula is C29H39N3. The maximum atomic E-state index is 3.85. The number of hydrogen-bond acceptors (Lipinski definition) is 3. The molecule has 32 heavy (non-hydrogen) atoms. The topological polar surface area (TPSA) is 18.5 Å². The molecule has 2 aromatic carbocycles. The fourth-order valence-corrected chi connectivity index (χ4v) is 5.95. The lowest BCUT2D eigenvalue weighted by Crippen LogP contribution is -2.53. The number of nitrogens with one attached hydrogen (secondary N) is 1. The van der Waals surface area contributed by atoms with E-state index in [0.717, 1.165) is 25.4 Å². The number of fused-ring (bicyclic) bond motifs is 1. The van der Waals surface area contributed by atoms with Crippen molar-refractivity contribution in [3.63, 3.8) is 0 Å². The SMILES string of the molecule is C1=CC(NCC23CN(CCc4ccccc4)CCC2CN(Cc2ccccc2)C3)=CCC1.[HH]. The fourth-order valence-electron chi connectivity index (χ4n) is 5.95. The van der Waals surface area contributed by atoms with Gasteiger partial charge in [0, 0.05) is 51.8 Å². The molecule has 0 radical (unpaired) electrons. The van der Waals surface area contributed by atoms with Gasteiger partial charge in [0.05, 0.1) is 0 Å². The molecule has 170 valence electrons. The highest BCUT2D eigenvalue weighted by atomic mass is 15.2. The number of piperidine rings is 1. The van der Waals surface area contributed by atoms with Crippen LogP contribution in [0.1, 0.15) is 31.8 Å². The van der Waals surface area contributed by atoms with Crippen molar-refractivity contribution < 1.29 is 1.43 Å². The summed E-state index contributed by atoms with van der Waals surface area (Å²) in [5, 5.41) is 3.85. The van der Waals surface area contributed by atoms with E-state index < -0.39 is 0 Å². The quantitative estimate of drug-likeness (QED) is 0.628. The third kappa shape index (κ3) is 5.16. The molecule has 2 saturated heterocycles. The Bertz CT molecular complexity index is 926. The first-order valence-electron chi connectivity index (χ1n) is 12.4. The smallest absolute Gasteiger partial charge is 0.0296 e. The van der Waals surface area contributed by atoms with Gasteiger partial charge in [-0.1, -0.05) is 72.8 Å². The predicted octanol–water partition coefficient (Wildman–Crippen LogP) is 5.12. The van der Waals surface area contributed by atoms with Crippen LogP contribution in [0.2, 0.25) is 0 Å². The lowest BCUT2D eigenvalue weighted by Gasteiger charge is -2.45. The van der Waals surface area contributed by atoms with Crippen molar-refractivity contribution in [2.45, 2.75) is 32.2 Å². The number of hydrogen-bond donors (Lipinski definition) is 1. The second kappa shape index (κ2) is 10.1. The Kier molecular flexibility index (Phi) is 6.75. The van der Waals surface area contributed by atoms with Gasteiger partial charge in [-0.2, -0.15) is 0 Å². The third-order valence-corrected chi connectivity index (χ3v) is 7.66. The maximum Gasteiger partial charge on any atom is 0.0296 e. The van der Waals surface area contributed by atoms with Crippen molar-refractivity contribution >= 4 is 0 Å². The Morgan fingerprint density at radius 2 is 1.66 bits per heavy atom. The molecule has 0 amide bonds. The van der Waals surface area contributed by atoms with Crippen LogP contribution in [-0.2, 0) is 13.0 Å². The zero-order valence-electron chi connectivity index (χ0n) is 19.3. The van der Waals surface area contributed by atoms with E-state index in [1.54, 1.807) is 0 Å². The van der Waals surface area contributed by atoms with Gasteiger partial charge >= 0.3 is 0 Å². The molecule has 0 saturated carbocycles. The first-order chi connectivity index (χ1) is 15.8. The lowest BCUT2D eigenvalue weighted by molar-refractivity contribution is 0.0627. The van der Waals surface area contributed by atoms with Crippen LogP contribution in [0, 0.1) is 11.3 Å². The van der Waals surface area contributed by atoms with E-state index in [-0.39, 0.29) is 1.43 Å². The summed E-state index contributed by atoms with van der Waals surface area (Å²) in [5.41, 5.74) is 4.55. The molecular weight excluding hydrogens is 390 g/mol. The van der Waals surface area contributed by atoms with Gasteiger partial charge in [0.1, 0.15) is 0 Å². The van der Waals surface area contributed by atoms with Gasteiger partial charge < -0.3 is 10.2 Å². The van der Waals surface area contributed by atoms with Gasteiger partial charge in [0.25, 0.3) is 0 Å². The van der Waals surface area contributed by atoms with Gasteiger partial charge in [-0.05, 0) is 55.3 Å². The van der Waals surface area contributed by atoms with Crippen LogP contribution in [0.25, 0.3) is 0 Å². The van der Waals surface area contributed by atoms with E-state index in [1.165, 1.54) is 68.8 Å². The molecule has 2 atom stereocenters. The van der Waals surface area contributed by atoms with E-state index in [0.29, 0.717) is 5.41 Å². The largest absolute Gasteiger partial charge is 0.385 e. The van der Waals surface area contributed by atoms with Crippen LogP contribution >= 0.6 is 0 Å². The summed E-state index contributed by atoms with van der Waals surface area (Å²) in [6, 6.07) is 22.0. The Labute approximate surface area is 195 Å². The molecule has 5 rings (SSSR count). The van der Waals surface area contributed by atoms with E-state index in [2.05, 4.69) is 94.0 Å². The Balaban J connectivity index is 0.00000259. The maximum absolute atomic E-state index is 3.85. The zero-order chi connectivity index (χ0) is 21.6. The summed E-state index contributed by atoms with van der Waals surface area (Å²) >= 11 is 0. The molecule has 2 aromatic rings. The highest BCUT2D eigenvalue weighted by Crippen LogP contribution is 2.42. The van der Waals surface area contributed by atoms with Gasteiger partial charge in [-0.25, -0.2) is 0 Å². The van der Waals surface area contributed by atoms with Crippen molar-refractivity contribution in [1.29, 1.82) is 0 Å². The first-order valence-corrected chi connectivity index (χ1v) is 12.4. The van der Waals surface area contributed by atoms with Crippen LogP contribution in [0.15, 0.2) is 84.6 Å². The highest BCUT2D eigenvalue weighted by Gasteiger charge is 2.49. The van der Waals surface area contributed by atoms with Crippen LogP contribution in [0.3, 0.4) is 0 Å². The van der Waals surface area contributed by atoms with E-state index in [9.17, 15) is 0 Å². The summed E-state index contributed by atoms with van der Waals surface area (Å²) < 4.78 is 0. The van der Waals surface area contributed by atoms with Gasteiger partial charge in [-0.3, -0.25) is 4.90 Å². The van der Waals surface area contributed by atoms with Crippen molar-refractivity contribution in [2.24, 2.45) is 11.3 Å². The highest BCUT2D eigenvalue weighted by molar-refractivity contribution is 5.22. The Morgan fingerprint density at radius 1 is 0.906 bits per heavy atom. The average Bonchev–Trinajstić information content (AvgIpc) is 3.21. The molecule has 1 N–H and O–H groups in total. The van der Waals surface area contributed by atoms with Crippen LogP contribution in [-0.4, -0.2) is 49.1 Å². The predicted molar refractivity (Wildman–Crippen MR) is 135 cm³/mol. The van der Waals surface area contributed by atoms with Crippen molar-refractivity contribution in [3.05, 3.63) is 95.7 Å². The van der Waals surface area contributed by atoms with Crippen molar-refractivity contribution in [1.82, 2.24) is 15.1 Å². The van der Waals surface area contributed by atoms with Crippen LogP contribution < -0.4 is 5.32 Å². The van der Waals surface area contributed by atoms with Crippen LogP contribution in [0.5, 0.6) is 0 Å². The molecule has 2 unspecified atom stereocenters. The fraction of sp³-hybridized carbons (Fsp3) is 0.448. The summed E-state index contributed by atoms with van der Waals surface area (Å²) in [6.07, 6.45) is 11.8. The monoisotopic (exact) mass is 429 g/mol. The van der Waals surface area contributed by atoms with E-state index in [4.69, 9.17) is 0 Å². The summed E-state index contributed by atoms with van der Waals surface area (Å²) in [6.45, 7) is 8.20. The molecule has 2 heterocycles. The second-order valence-corrected chi connectivity index (χ2v) is 10.0. The number of benzene rings is 2. The minimum atomic E-state index is 0. The molecule has 1 aliphatic carbocycles. The van der Waals surface area contributed by atoms with Gasteiger partial charge in [0.2, 0.25) is 0 Å². The molecule has 2 fully saturated rings. The normalized spacial score (nSPS) is 26.0. The molecule has 2 aliphatic heterocycles. The molecule has 3 heteroatoms. The molecule has 0 aromatic heterocycles. The standard InChI is InChI=1S/C29H37N3.H2/c1-4-10-25(11-5-1)16-18-31-19-17-27-21-32(20-26-12-6-2-7-13-26)24-29(27,23-31)22-30-28-14-8-3-9-15-28;/h1-2,4-8,10-15,27,30H,3,9,16-24H2;1H. The van der Waals surface area contributed by atoms with Crippen LogP contribution in [0.4, 0.5) is 0 Å². The second-order valence-electron chi connectivity index (χ2n) is 10.0. The molecule has 3 nitrogen and oxygen atoms in total. The number of rotatable bonds is 8. The zero-order valence-corrected chi connectivity index (χ0v) is 19.3. The Morgan fingerprint density at radius 3 is 2.41 bits per heavy atom. The average molecular weight is 430 g/mol. The van der Waals surface area contributed by atoms with E-state index >= 15 is 0 Å². The molecule has 0 bridgehead atoms. The summed E-state index contributed by atoms with van der Waals surface area (Å²) in [5.74, 6) is 0.778. The molecule has 0 spiro atoms. The summed E-state index contributed by atoms with van der Waals surface area (Å²) in [4.78, 5) is 5.45. The number of allylic oxidation sites excluding steroid dienone is 3. The third-order valence-electron chi connectivity index (χ3n) is 7.66. The minimum absolute atomic E-state index is 0. The minimum Gasteiger partial charge on any atom is -0.385 e. The molecule has 3 aliphatic rings. The lowest BCUT2D eigenvalue weighted by atomic mass is 9.73. The van der Waals surface area contributed by atoms with Crippen molar-refractivity contribution in [3.8, 4) is 0 Å². The number of nitrogens with zero attached hydrogens (tertiary/aromatic N) is 2. The van der Waals surface area contributed by atoms with Gasteiger partial charge in [-0.15, -0.1) is 0 Å².